The van der Waals surface area contributed by atoms with E-state index in [1.54, 1.807) is 18.5 Å². The van der Waals surface area contributed by atoms with Crippen LogP contribution in [0.5, 0.6) is 0 Å². The second kappa shape index (κ2) is 5.93. The first-order valence-corrected chi connectivity index (χ1v) is 6.34. The summed E-state index contributed by atoms with van der Waals surface area (Å²) >= 11 is 1.31. The van der Waals surface area contributed by atoms with E-state index >= 15 is 0 Å². The molecule has 0 aromatic carbocycles. The molecular weight excluding hydrogens is 264 g/mol. The van der Waals surface area contributed by atoms with Gasteiger partial charge in [0.1, 0.15) is 6.07 Å². The van der Waals surface area contributed by atoms with Gasteiger partial charge in [-0.3, -0.25) is 4.98 Å². The zero-order chi connectivity index (χ0) is 13.7. The zero-order valence-corrected chi connectivity index (χ0v) is 10.6. The Morgan fingerprint density at radius 1 is 1.58 bits per heavy atom. The number of aromatic carboxylic acids is 1. The molecule has 2 heterocycles. The van der Waals surface area contributed by atoms with Crippen LogP contribution in [-0.2, 0) is 6.42 Å². The Balaban J connectivity index is 1.93. The second-order valence-corrected chi connectivity index (χ2v) is 4.58. The second-order valence-electron chi connectivity index (χ2n) is 3.64. The number of carboxylic acid groups (broad SMARTS) is 1. The van der Waals surface area contributed by atoms with Gasteiger partial charge in [-0.15, -0.1) is 11.3 Å². The maximum absolute atomic E-state index is 10.7. The summed E-state index contributed by atoms with van der Waals surface area (Å²) in [7, 11) is 0. The quantitative estimate of drug-likeness (QED) is 0.862. The molecule has 2 rings (SSSR count). The maximum Gasteiger partial charge on any atom is 0.355 e. The van der Waals surface area contributed by atoms with Crippen molar-refractivity contribution >= 4 is 23.0 Å². The number of aromatic nitrogens is 2. The largest absolute Gasteiger partial charge is 0.476 e. The highest BCUT2D eigenvalue weighted by molar-refractivity contribution is 7.09. The molecule has 0 amide bonds. The number of carboxylic acids is 1. The molecule has 0 aliphatic carbocycles. The van der Waals surface area contributed by atoms with Crippen molar-refractivity contribution in [3.63, 3.8) is 0 Å². The van der Waals surface area contributed by atoms with Crippen LogP contribution in [0.1, 0.15) is 21.1 Å². The van der Waals surface area contributed by atoms with Crippen LogP contribution < -0.4 is 5.32 Å². The number of nitrogens with zero attached hydrogens (tertiary/aromatic N) is 3. The SMILES string of the molecule is N#Cc1ccncc1NCCc1nc(C(=O)O)cs1. The fourth-order valence-electron chi connectivity index (χ4n) is 1.46. The molecule has 2 aromatic rings. The van der Waals surface area contributed by atoms with Crippen molar-refractivity contribution < 1.29 is 9.90 Å². The first-order valence-electron chi connectivity index (χ1n) is 5.46. The minimum Gasteiger partial charge on any atom is -0.476 e. The fraction of sp³-hybridized carbons (Fsp3) is 0.167. The third-order valence-corrected chi connectivity index (χ3v) is 3.28. The molecule has 19 heavy (non-hydrogen) atoms. The molecular formula is C12H10N4O2S. The third kappa shape index (κ3) is 3.26. The highest BCUT2D eigenvalue weighted by atomic mass is 32.1. The summed E-state index contributed by atoms with van der Waals surface area (Å²) in [5.41, 5.74) is 1.26. The van der Waals surface area contributed by atoms with Crippen LogP contribution in [0.3, 0.4) is 0 Å². The van der Waals surface area contributed by atoms with E-state index < -0.39 is 5.97 Å². The van der Waals surface area contributed by atoms with Crippen molar-refractivity contribution in [2.24, 2.45) is 0 Å². The van der Waals surface area contributed by atoms with Crippen molar-refractivity contribution in [3.05, 3.63) is 40.1 Å². The Kier molecular flexibility index (Phi) is 4.05. The lowest BCUT2D eigenvalue weighted by atomic mass is 10.2. The topological polar surface area (TPSA) is 98.9 Å². The Bertz CT molecular complexity index is 633. The first-order chi connectivity index (χ1) is 9.20. The first kappa shape index (κ1) is 13.0. The average Bonchev–Trinajstić information content (AvgIpc) is 2.88. The van der Waals surface area contributed by atoms with E-state index in [1.807, 2.05) is 0 Å². The van der Waals surface area contributed by atoms with E-state index in [1.165, 1.54) is 16.7 Å². The van der Waals surface area contributed by atoms with Crippen LogP contribution in [-0.4, -0.2) is 27.6 Å². The zero-order valence-electron chi connectivity index (χ0n) is 9.83. The van der Waals surface area contributed by atoms with Gasteiger partial charge in [0.05, 0.1) is 22.5 Å². The van der Waals surface area contributed by atoms with Gasteiger partial charge in [-0.25, -0.2) is 9.78 Å². The summed E-state index contributed by atoms with van der Waals surface area (Å²) < 4.78 is 0. The van der Waals surface area contributed by atoms with Gasteiger partial charge in [0.25, 0.3) is 0 Å². The maximum atomic E-state index is 10.7. The van der Waals surface area contributed by atoms with E-state index in [2.05, 4.69) is 21.4 Å². The number of thiazole rings is 1. The molecule has 0 aliphatic rings. The molecule has 0 atom stereocenters. The third-order valence-electron chi connectivity index (χ3n) is 2.37. The number of carbonyl (C=O) groups is 1. The molecule has 0 unspecified atom stereocenters. The van der Waals surface area contributed by atoms with Gasteiger partial charge < -0.3 is 10.4 Å². The minimum atomic E-state index is -1.02. The van der Waals surface area contributed by atoms with Crippen molar-refractivity contribution in [1.29, 1.82) is 5.26 Å². The Morgan fingerprint density at radius 3 is 3.11 bits per heavy atom. The minimum absolute atomic E-state index is 0.0686. The number of hydrogen-bond donors (Lipinski definition) is 2. The van der Waals surface area contributed by atoms with Crippen molar-refractivity contribution in [2.75, 3.05) is 11.9 Å². The lowest BCUT2D eigenvalue weighted by Gasteiger charge is -2.05. The number of anilines is 1. The van der Waals surface area contributed by atoms with Gasteiger partial charge in [0.2, 0.25) is 0 Å². The van der Waals surface area contributed by atoms with Gasteiger partial charge >= 0.3 is 5.97 Å². The molecule has 0 saturated heterocycles. The predicted octanol–water partition coefficient (Wildman–Crippen LogP) is 1.76. The van der Waals surface area contributed by atoms with Gasteiger partial charge in [0.15, 0.2) is 5.69 Å². The van der Waals surface area contributed by atoms with E-state index in [-0.39, 0.29) is 5.69 Å². The molecule has 7 heteroatoms. The van der Waals surface area contributed by atoms with Crippen LogP contribution in [0.4, 0.5) is 5.69 Å². The lowest BCUT2D eigenvalue weighted by molar-refractivity contribution is 0.0691. The van der Waals surface area contributed by atoms with Gasteiger partial charge in [-0.1, -0.05) is 0 Å². The normalized spacial score (nSPS) is 9.84. The van der Waals surface area contributed by atoms with Crippen LogP contribution in [0.15, 0.2) is 23.8 Å². The van der Waals surface area contributed by atoms with Gasteiger partial charge in [-0.05, 0) is 6.07 Å². The number of nitrogens with one attached hydrogen (secondary N) is 1. The summed E-state index contributed by atoms with van der Waals surface area (Å²) in [6.07, 6.45) is 3.74. The molecule has 0 spiro atoms. The van der Waals surface area contributed by atoms with Gasteiger partial charge in [0, 0.05) is 24.5 Å². The average molecular weight is 274 g/mol. The van der Waals surface area contributed by atoms with Crippen LogP contribution >= 0.6 is 11.3 Å². The standard InChI is InChI=1S/C12H10N4O2S/c13-5-8-1-3-14-6-9(8)15-4-2-11-16-10(7-19-11)12(17)18/h1,3,6-7,15H,2,4H2,(H,17,18). The molecule has 2 aromatic heterocycles. The summed E-state index contributed by atoms with van der Waals surface area (Å²) in [4.78, 5) is 18.6. The van der Waals surface area contributed by atoms with Crippen LogP contribution in [0.25, 0.3) is 0 Å². The number of hydrogen-bond acceptors (Lipinski definition) is 6. The molecule has 0 saturated carbocycles. The van der Waals surface area contributed by atoms with E-state index in [9.17, 15) is 4.79 Å². The lowest BCUT2D eigenvalue weighted by Crippen LogP contribution is -2.07. The number of rotatable bonds is 5. The Hall–Kier alpha value is -2.46. The highest BCUT2D eigenvalue weighted by Crippen LogP contribution is 2.13. The Morgan fingerprint density at radius 2 is 2.42 bits per heavy atom. The number of nitriles is 1. The highest BCUT2D eigenvalue weighted by Gasteiger charge is 2.08. The van der Waals surface area contributed by atoms with E-state index in [4.69, 9.17) is 10.4 Å². The molecule has 96 valence electrons. The summed E-state index contributed by atoms with van der Waals surface area (Å²) in [6.45, 7) is 0.562. The molecule has 2 N–H and O–H groups in total. The molecule has 6 nitrogen and oxygen atoms in total. The molecule has 0 fully saturated rings. The number of pyridine rings is 1. The molecule has 0 aliphatic heterocycles. The monoisotopic (exact) mass is 274 g/mol. The summed E-state index contributed by atoms with van der Waals surface area (Å²) in [5, 5.41) is 23.0. The van der Waals surface area contributed by atoms with Gasteiger partial charge in [-0.2, -0.15) is 5.26 Å². The Labute approximate surface area is 113 Å². The van der Waals surface area contributed by atoms with E-state index in [0.29, 0.717) is 24.2 Å². The van der Waals surface area contributed by atoms with Crippen LogP contribution in [0, 0.1) is 11.3 Å². The molecule has 0 radical (unpaired) electrons. The summed E-state index contributed by atoms with van der Waals surface area (Å²) in [5.74, 6) is -1.02. The van der Waals surface area contributed by atoms with E-state index in [0.717, 1.165) is 5.01 Å². The van der Waals surface area contributed by atoms with Crippen molar-refractivity contribution in [1.82, 2.24) is 9.97 Å². The smallest absolute Gasteiger partial charge is 0.355 e. The van der Waals surface area contributed by atoms with Crippen molar-refractivity contribution in [3.8, 4) is 6.07 Å². The van der Waals surface area contributed by atoms with Crippen LogP contribution in [0.2, 0.25) is 0 Å². The molecule has 0 bridgehead atoms. The summed E-state index contributed by atoms with van der Waals surface area (Å²) in [6, 6.07) is 3.70. The fourth-order valence-corrected chi connectivity index (χ4v) is 2.23. The predicted molar refractivity (Wildman–Crippen MR) is 70.2 cm³/mol. The van der Waals surface area contributed by atoms with Crippen molar-refractivity contribution in [2.45, 2.75) is 6.42 Å².